The number of anilines is 1. The maximum atomic E-state index is 12.9. The minimum absolute atomic E-state index is 0.645. The summed E-state index contributed by atoms with van der Waals surface area (Å²) in [5.41, 5.74) is -1.79. The van der Waals surface area contributed by atoms with Crippen LogP contribution in [-0.4, -0.2) is 11.7 Å². The molecule has 1 aliphatic heterocycles. The van der Waals surface area contributed by atoms with Crippen molar-refractivity contribution in [3.05, 3.63) is 29.3 Å². The number of benzene rings is 1. The van der Waals surface area contributed by atoms with E-state index in [1.807, 2.05) is 0 Å². The third-order valence-electron chi connectivity index (χ3n) is 1.87. The van der Waals surface area contributed by atoms with Gasteiger partial charge in [0, 0.05) is 0 Å². The molecule has 0 saturated heterocycles. The summed E-state index contributed by atoms with van der Waals surface area (Å²) >= 11 is 0. The summed E-state index contributed by atoms with van der Waals surface area (Å²) in [7, 11) is 0. The van der Waals surface area contributed by atoms with Crippen LogP contribution in [-0.2, 0) is 4.79 Å². The summed E-state index contributed by atoms with van der Waals surface area (Å²) in [5.74, 6) is -5.22. The predicted octanol–water partition coefficient (Wildman–Crippen LogP) is 1.38. The Labute approximate surface area is 75.7 Å². The van der Waals surface area contributed by atoms with Crippen molar-refractivity contribution in [2.45, 2.75) is 0 Å². The molecule has 0 spiro atoms. The molecule has 0 aromatic heterocycles. The average Bonchev–Trinajstić information content (AvgIpc) is 2.38. The monoisotopic (exact) mass is 201 g/mol. The molecule has 3 nitrogen and oxygen atoms in total. The Hall–Kier alpha value is -1.85. The second-order valence-electron chi connectivity index (χ2n) is 2.67. The predicted molar refractivity (Wildman–Crippen MR) is 39.3 cm³/mol. The molecule has 1 amide bonds. The van der Waals surface area contributed by atoms with Crippen molar-refractivity contribution in [3.8, 4) is 0 Å². The van der Waals surface area contributed by atoms with E-state index in [0.29, 0.717) is 12.1 Å². The molecule has 1 aromatic carbocycles. The van der Waals surface area contributed by atoms with Crippen LogP contribution in [0.1, 0.15) is 10.4 Å². The molecule has 0 aliphatic carbocycles. The van der Waals surface area contributed by atoms with Crippen LogP contribution < -0.4 is 5.12 Å². The van der Waals surface area contributed by atoms with Gasteiger partial charge in [0.25, 0.3) is 5.78 Å². The molecule has 72 valence electrons. The highest BCUT2D eigenvalue weighted by molar-refractivity contribution is 6.51. The van der Waals surface area contributed by atoms with Crippen LogP contribution in [0.5, 0.6) is 0 Å². The molecule has 0 bridgehead atoms. The van der Waals surface area contributed by atoms with Gasteiger partial charge in [0.2, 0.25) is 0 Å². The minimum Gasteiger partial charge on any atom is -0.283 e. The molecule has 1 heterocycles. The van der Waals surface area contributed by atoms with E-state index in [-0.39, 0.29) is 0 Å². The van der Waals surface area contributed by atoms with Crippen molar-refractivity contribution in [1.82, 2.24) is 0 Å². The van der Waals surface area contributed by atoms with Gasteiger partial charge in [0.15, 0.2) is 5.82 Å². The van der Waals surface area contributed by atoms with E-state index in [1.54, 1.807) is 0 Å². The Balaban J connectivity index is 2.80. The number of carbonyl (C=O) groups is 2. The van der Waals surface area contributed by atoms with Crippen molar-refractivity contribution >= 4 is 17.4 Å². The smallest absolute Gasteiger partial charge is 0.283 e. The summed E-state index contributed by atoms with van der Waals surface area (Å²) < 4.78 is 38.7. The van der Waals surface area contributed by atoms with Crippen molar-refractivity contribution in [2.75, 3.05) is 5.12 Å². The fourth-order valence-electron chi connectivity index (χ4n) is 1.25. The number of nitrogens with zero attached hydrogens (tertiary/aromatic N) is 1. The fraction of sp³-hybridized carbons (Fsp3) is 0. The number of amides is 1. The van der Waals surface area contributed by atoms with Crippen LogP contribution in [0, 0.1) is 11.6 Å². The van der Waals surface area contributed by atoms with E-state index >= 15 is 0 Å². The maximum Gasteiger partial charge on any atom is 0.327 e. The van der Waals surface area contributed by atoms with Gasteiger partial charge in [0.1, 0.15) is 11.5 Å². The van der Waals surface area contributed by atoms with Crippen LogP contribution in [0.3, 0.4) is 0 Å². The zero-order valence-electron chi connectivity index (χ0n) is 6.55. The summed E-state index contributed by atoms with van der Waals surface area (Å²) in [6.45, 7) is 0. The van der Waals surface area contributed by atoms with Gasteiger partial charge in [-0.15, -0.1) is 5.12 Å². The standard InChI is InChI=1S/C8H2F3NO2/c9-3-1-2-4(10)6-5(3)7(13)8(14)12(6)11/h1-2H. The highest BCUT2D eigenvalue weighted by atomic mass is 19.2. The third-order valence-corrected chi connectivity index (χ3v) is 1.87. The first-order chi connectivity index (χ1) is 6.54. The normalized spacial score (nSPS) is 14.9. The molecule has 0 N–H and O–H groups in total. The quantitative estimate of drug-likeness (QED) is 0.469. The second kappa shape index (κ2) is 2.57. The number of hydrogen-bond acceptors (Lipinski definition) is 2. The van der Waals surface area contributed by atoms with Crippen LogP contribution in [0.25, 0.3) is 0 Å². The summed E-state index contributed by atoms with van der Waals surface area (Å²) in [6.07, 6.45) is 0. The van der Waals surface area contributed by atoms with E-state index in [1.165, 1.54) is 0 Å². The van der Waals surface area contributed by atoms with E-state index < -0.39 is 39.7 Å². The third kappa shape index (κ3) is 0.876. The van der Waals surface area contributed by atoms with Crippen molar-refractivity contribution in [3.63, 3.8) is 0 Å². The molecule has 0 unspecified atom stereocenters. The van der Waals surface area contributed by atoms with Crippen LogP contribution in [0.15, 0.2) is 12.1 Å². The van der Waals surface area contributed by atoms with Gasteiger partial charge in [-0.2, -0.15) is 0 Å². The first-order valence-corrected chi connectivity index (χ1v) is 3.56. The molecule has 14 heavy (non-hydrogen) atoms. The highest BCUT2D eigenvalue weighted by Crippen LogP contribution is 2.33. The Morgan fingerprint density at radius 1 is 1.07 bits per heavy atom. The number of carbonyl (C=O) groups excluding carboxylic acids is 2. The van der Waals surface area contributed by atoms with Crippen LogP contribution in [0.2, 0.25) is 0 Å². The van der Waals surface area contributed by atoms with Crippen LogP contribution >= 0.6 is 0 Å². The molecule has 1 aliphatic rings. The lowest BCUT2D eigenvalue weighted by Crippen LogP contribution is -2.21. The van der Waals surface area contributed by atoms with Gasteiger partial charge in [-0.3, -0.25) is 9.59 Å². The largest absolute Gasteiger partial charge is 0.327 e. The van der Waals surface area contributed by atoms with Gasteiger partial charge in [-0.05, 0) is 12.1 Å². The number of halogens is 3. The van der Waals surface area contributed by atoms with Gasteiger partial charge in [-0.1, -0.05) is 4.48 Å². The molecule has 0 saturated carbocycles. The molecule has 0 radical (unpaired) electrons. The first-order valence-electron chi connectivity index (χ1n) is 3.56. The number of ketones is 1. The Morgan fingerprint density at radius 2 is 1.64 bits per heavy atom. The lowest BCUT2D eigenvalue weighted by Gasteiger charge is -2.03. The van der Waals surface area contributed by atoms with Crippen LogP contribution in [0.4, 0.5) is 18.9 Å². The zero-order valence-corrected chi connectivity index (χ0v) is 6.55. The molecule has 6 heteroatoms. The van der Waals surface area contributed by atoms with E-state index in [0.717, 1.165) is 0 Å². The summed E-state index contributed by atoms with van der Waals surface area (Å²) in [6, 6.07) is 1.31. The lowest BCUT2D eigenvalue weighted by atomic mass is 10.1. The van der Waals surface area contributed by atoms with Gasteiger partial charge < -0.3 is 0 Å². The van der Waals surface area contributed by atoms with Crippen molar-refractivity contribution < 1.29 is 22.9 Å². The highest BCUT2D eigenvalue weighted by Gasteiger charge is 2.41. The summed E-state index contributed by atoms with van der Waals surface area (Å²) in [5, 5.41) is -0.684. The SMILES string of the molecule is O=C1C(=O)N(F)c2c(F)ccc(F)c21. The number of fused-ring (bicyclic) bond motifs is 1. The number of Topliss-reactive ketones (excluding diaryl/α,β-unsaturated/α-hetero) is 1. The zero-order chi connectivity index (χ0) is 10.5. The summed E-state index contributed by atoms with van der Waals surface area (Å²) in [4.78, 5) is 21.7. The van der Waals surface area contributed by atoms with Gasteiger partial charge >= 0.3 is 5.91 Å². The second-order valence-corrected chi connectivity index (χ2v) is 2.67. The lowest BCUT2D eigenvalue weighted by molar-refractivity contribution is -0.116. The molecule has 0 atom stereocenters. The topological polar surface area (TPSA) is 37.4 Å². The van der Waals surface area contributed by atoms with Crippen molar-refractivity contribution in [1.29, 1.82) is 0 Å². The fourth-order valence-corrected chi connectivity index (χ4v) is 1.25. The van der Waals surface area contributed by atoms with Gasteiger partial charge in [-0.25, -0.2) is 8.78 Å². The maximum absolute atomic E-state index is 12.9. The van der Waals surface area contributed by atoms with E-state index in [9.17, 15) is 22.9 Å². The number of rotatable bonds is 0. The molecule has 1 aromatic rings. The van der Waals surface area contributed by atoms with E-state index in [2.05, 4.69) is 0 Å². The first kappa shape index (κ1) is 8.74. The molecule has 2 rings (SSSR count). The van der Waals surface area contributed by atoms with Gasteiger partial charge in [0.05, 0.1) is 5.56 Å². The van der Waals surface area contributed by atoms with Crippen molar-refractivity contribution in [2.24, 2.45) is 0 Å². The average molecular weight is 201 g/mol. The molecule has 0 fully saturated rings. The minimum atomic E-state index is -1.58. The molecular formula is C8H2F3NO2. The Morgan fingerprint density at radius 3 is 2.21 bits per heavy atom. The van der Waals surface area contributed by atoms with E-state index in [4.69, 9.17) is 0 Å². The Bertz CT molecular complexity index is 458. The number of hydrogen-bond donors (Lipinski definition) is 0. The molecular weight excluding hydrogens is 199 g/mol. The Kier molecular flexibility index (Phi) is 1.60.